The number of benzene rings is 1. The Balaban J connectivity index is 1.82. The molecule has 1 aromatic carbocycles. The number of hydrogen-bond acceptors (Lipinski definition) is 2. The van der Waals surface area contributed by atoms with Gasteiger partial charge in [0.15, 0.2) is 0 Å². The second-order valence-corrected chi connectivity index (χ2v) is 6.10. The van der Waals surface area contributed by atoms with Crippen LogP contribution in [0.15, 0.2) is 22.7 Å². The van der Waals surface area contributed by atoms with Crippen molar-refractivity contribution >= 4 is 27.7 Å². The van der Waals surface area contributed by atoms with Gasteiger partial charge in [-0.3, -0.25) is 0 Å². The number of thioether (sulfide) groups is 1. The van der Waals surface area contributed by atoms with Gasteiger partial charge >= 0.3 is 0 Å². The van der Waals surface area contributed by atoms with Crippen LogP contribution < -0.4 is 5.32 Å². The molecule has 1 N–H and O–H groups in total. The fourth-order valence-electron chi connectivity index (χ4n) is 1.83. The zero-order valence-electron chi connectivity index (χ0n) is 9.01. The van der Waals surface area contributed by atoms with Crippen LogP contribution in [0, 0.1) is 11.7 Å². The van der Waals surface area contributed by atoms with Gasteiger partial charge in [-0.15, -0.1) is 0 Å². The van der Waals surface area contributed by atoms with Crippen LogP contribution in [0.4, 0.5) is 4.39 Å². The normalized spacial score (nSPS) is 20.2. The fraction of sp³-hybridized carbons (Fsp3) is 0.500. The average Bonchev–Trinajstić information content (AvgIpc) is 2.76. The zero-order chi connectivity index (χ0) is 11.4. The van der Waals surface area contributed by atoms with Gasteiger partial charge in [-0.1, -0.05) is 15.9 Å². The lowest BCUT2D eigenvalue weighted by molar-refractivity contribution is 0.521. The van der Waals surface area contributed by atoms with E-state index in [1.807, 2.05) is 11.8 Å². The van der Waals surface area contributed by atoms with E-state index in [0.717, 1.165) is 29.0 Å². The van der Waals surface area contributed by atoms with E-state index in [2.05, 4.69) is 21.2 Å². The lowest BCUT2D eigenvalue weighted by Gasteiger charge is -2.11. The summed E-state index contributed by atoms with van der Waals surface area (Å²) in [6.07, 6.45) is 1.31. The molecule has 0 spiro atoms. The van der Waals surface area contributed by atoms with Crippen molar-refractivity contribution in [3.63, 3.8) is 0 Å². The standard InChI is InChI=1S/C12H15BrFNS/c13-12-2-1-11(14)5-10(12)7-15-6-9-3-4-16-8-9/h1-2,5,9,15H,3-4,6-8H2. The minimum atomic E-state index is -0.170. The summed E-state index contributed by atoms with van der Waals surface area (Å²) in [7, 11) is 0. The topological polar surface area (TPSA) is 12.0 Å². The molecule has 4 heteroatoms. The molecule has 0 aromatic heterocycles. The highest BCUT2D eigenvalue weighted by atomic mass is 79.9. The fourth-order valence-corrected chi connectivity index (χ4v) is 3.51. The van der Waals surface area contributed by atoms with E-state index in [-0.39, 0.29) is 5.82 Å². The Hall–Kier alpha value is -0.0600. The average molecular weight is 304 g/mol. The van der Waals surface area contributed by atoms with Crippen LogP contribution in [0.2, 0.25) is 0 Å². The first-order valence-electron chi connectivity index (χ1n) is 5.48. The Morgan fingerprint density at radius 3 is 3.12 bits per heavy atom. The predicted molar refractivity (Wildman–Crippen MR) is 71.2 cm³/mol. The van der Waals surface area contributed by atoms with Crippen LogP contribution in [0.25, 0.3) is 0 Å². The van der Waals surface area contributed by atoms with Crippen molar-refractivity contribution in [2.45, 2.75) is 13.0 Å². The molecule has 0 aliphatic carbocycles. The first kappa shape index (κ1) is 12.4. The Morgan fingerprint density at radius 1 is 1.50 bits per heavy atom. The van der Waals surface area contributed by atoms with Crippen LogP contribution in [0.3, 0.4) is 0 Å². The molecule has 0 bridgehead atoms. The van der Waals surface area contributed by atoms with Crippen LogP contribution in [-0.4, -0.2) is 18.1 Å². The molecule has 1 saturated heterocycles. The molecule has 1 aliphatic heterocycles. The Kier molecular flexibility index (Phi) is 4.67. The van der Waals surface area contributed by atoms with Crippen molar-refractivity contribution in [2.24, 2.45) is 5.92 Å². The maximum Gasteiger partial charge on any atom is 0.123 e. The largest absolute Gasteiger partial charge is 0.312 e. The van der Waals surface area contributed by atoms with Gasteiger partial charge in [0, 0.05) is 11.0 Å². The zero-order valence-corrected chi connectivity index (χ0v) is 11.4. The lowest BCUT2D eigenvalue weighted by atomic mass is 10.1. The molecular formula is C12H15BrFNS. The summed E-state index contributed by atoms with van der Waals surface area (Å²) in [5, 5.41) is 3.40. The summed E-state index contributed by atoms with van der Waals surface area (Å²) in [5.74, 6) is 3.17. The molecule has 1 nitrogen and oxygen atoms in total. The summed E-state index contributed by atoms with van der Waals surface area (Å²) < 4.78 is 14.0. The molecule has 88 valence electrons. The van der Waals surface area contributed by atoms with Crippen LogP contribution in [-0.2, 0) is 6.54 Å². The summed E-state index contributed by atoms with van der Waals surface area (Å²) >= 11 is 5.46. The number of halogens is 2. The first-order chi connectivity index (χ1) is 7.75. The van der Waals surface area contributed by atoms with E-state index in [1.165, 1.54) is 24.0 Å². The second-order valence-electron chi connectivity index (χ2n) is 4.10. The van der Waals surface area contributed by atoms with Gasteiger partial charge < -0.3 is 5.32 Å². The molecule has 16 heavy (non-hydrogen) atoms. The maximum absolute atomic E-state index is 13.0. The van der Waals surface area contributed by atoms with Crippen molar-refractivity contribution in [3.05, 3.63) is 34.1 Å². The van der Waals surface area contributed by atoms with Crippen molar-refractivity contribution in [3.8, 4) is 0 Å². The number of rotatable bonds is 4. The summed E-state index contributed by atoms with van der Waals surface area (Å²) in [6, 6.07) is 4.82. The molecule has 1 heterocycles. The SMILES string of the molecule is Fc1ccc(Br)c(CNCC2CCSC2)c1. The van der Waals surface area contributed by atoms with Crippen molar-refractivity contribution in [1.82, 2.24) is 5.32 Å². The van der Waals surface area contributed by atoms with Crippen molar-refractivity contribution in [1.29, 1.82) is 0 Å². The van der Waals surface area contributed by atoms with Gasteiger partial charge in [-0.2, -0.15) is 11.8 Å². The summed E-state index contributed by atoms with van der Waals surface area (Å²) in [5.41, 5.74) is 0.991. The molecule has 1 fully saturated rings. The molecule has 1 aromatic rings. The van der Waals surface area contributed by atoms with Crippen LogP contribution in [0.5, 0.6) is 0 Å². The smallest absolute Gasteiger partial charge is 0.123 e. The third-order valence-electron chi connectivity index (χ3n) is 2.78. The second kappa shape index (κ2) is 6.03. The molecule has 2 rings (SSSR count). The predicted octanol–water partition coefficient (Wildman–Crippen LogP) is 3.43. The van der Waals surface area contributed by atoms with E-state index in [1.54, 1.807) is 12.1 Å². The Bertz CT molecular complexity index is 353. The minimum Gasteiger partial charge on any atom is -0.312 e. The first-order valence-corrected chi connectivity index (χ1v) is 7.43. The van der Waals surface area contributed by atoms with Crippen LogP contribution >= 0.6 is 27.7 Å². The Labute approximate surface area is 108 Å². The molecule has 0 amide bonds. The van der Waals surface area contributed by atoms with Gasteiger partial charge in [-0.25, -0.2) is 4.39 Å². The molecule has 0 saturated carbocycles. The van der Waals surface area contributed by atoms with E-state index in [9.17, 15) is 4.39 Å². The van der Waals surface area contributed by atoms with Crippen molar-refractivity contribution < 1.29 is 4.39 Å². The number of nitrogens with one attached hydrogen (secondary N) is 1. The van der Waals surface area contributed by atoms with Gasteiger partial charge in [0.1, 0.15) is 5.82 Å². The Morgan fingerprint density at radius 2 is 2.38 bits per heavy atom. The van der Waals surface area contributed by atoms with Gasteiger partial charge in [0.25, 0.3) is 0 Å². The van der Waals surface area contributed by atoms with E-state index < -0.39 is 0 Å². The summed E-state index contributed by atoms with van der Waals surface area (Å²) in [4.78, 5) is 0. The molecule has 0 radical (unpaired) electrons. The van der Waals surface area contributed by atoms with Crippen LogP contribution in [0.1, 0.15) is 12.0 Å². The lowest BCUT2D eigenvalue weighted by Crippen LogP contribution is -2.22. The summed E-state index contributed by atoms with van der Waals surface area (Å²) in [6.45, 7) is 1.77. The van der Waals surface area contributed by atoms with Crippen molar-refractivity contribution in [2.75, 3.05) is 18.1 Å². The minimum absolute atomic E-state index is 0.170. The van der Waals surface area contributed by atoms with E-state index in [4.69, 9.17) is 0 Å². The van der Waals surface area contributed by atoms with E-state index in [0.29, 0.717) is 0 Å². The molecule has 1 unspecified atom stereocenters. The van der Waals surface area contributed by atoms with E-state index >= 15 is 0 Å². The third-order valence-corrected chi connectivity index (χ3v) is 4.79. The highest BCUT2D eigenvalue weighted by molar-refractivity contribution is 9.10. The molecule has 1 aliphatic rings. The van der Waals surface area contributed by atoms with Gasteiger partial charge in [0.2, 0.25) is 0 Å². The monoisotopic (exact) mass is 303 g/mol. The highest BCUT2D eigenvalue weighted by Gasteiger charge is 2.14. The number of hydrogen-bond donors (Lipinski definition) is 1. The molecular weight excluding hydrogens is 289 g/mol. The third kappa shape index (κ3) is 3.47. The molecule has 1 atom stereocenters. The quantitative estimate of drug-likeness (QED) is 0.914. The highest BCUT2D eigenvalue weighted by Crippen LogP contribution is 2.23. The van der Waals surface area contributed by atoms with Gasteiger partial charge in [-0.05, 0) is 54.2 Å². The maximum atomic E-state index is 13.0. The van der Waals surface area contributed by atoms with Gasteiger partial charge in [0.05, 0.1) is 0 Å².